The number of nitrogens with zero attached hydrogens (tertiary/aromatic N) is 2. The lowest BCUT2D eigenvalue weighted by Gasteiger charge is -2.38. The summed E-state index contributed by atoms with van der Waals surface area (Å²) in [7, 11) is 0. The van der Waals surface area contributed by atoms with Crippen LogP contribution >= 0.6 is 0 Å². The zero-order valence-electron chi connectivity index (χ0n) is 21.2. The van der Waals surface area contributed by atoms with Gasteiger partial charge in [-0.3, -0.25) is 4.90 Å². The molecule has 0 fully saturated rings. The number of hydrogen-bond acceptors (Lipinski definition) is 4. The average molecular weight is 475 g/mol. The van der Waals surface area contributed by atoms with Gasteiger partial charge in [-0.2, -0.15) is 0 Å². The van der Waals surface area contributed by atoms with Crippen molar-refractivity contribution in [1.29, 1.82) is 0 Å². The normalized spacial score (nSPS) is 18.2. The van der Waals surface area contributed by atoms with E-state index in [1.54, 1.807) is 0 Å². The highest BCUT2D eigenvalue weighted by Gasteiger charge is 2.47. The minimum atomic E-state index is -0.854. The molecule has 1 unspecified atom stereocenters. The Balaban J connectivity index is 1.55. The highest BCUT2D eigenvalue weighted by atomic mass is 16.6. The third kappa shape index (κ3) is 3.61. The van der Waals surface area contributed by atoms with Crippen LogP contribution in [0.15, 0.2) is 97.2 Å². The van der Waals surface area contributed by atoms with Crippen LogP contribution in [0.1, 0.15) is 22.3 Å². The molecule has 1 spiro atoms. The zero-order valence-corrected chi connectivity index (χ0v) is 21.2. The van der Waals surface area contributed by atoms with E-state index in [0.717, 1.165) is 34.2 Å². The first-order chi connectivity index (χ1) is 17.4. The second kappa shape index (κ2) is 8.49. The molecule has 1 atom stereocenters. The molecule has 0 radical (unpaired) electrons. The van der Waals surface area contributed by atoms with Crippen LogP contribution < -0.4 is 19.3 Å². The van der Waals surface area contributed by atoms with Crippen LogP contribution in [-0.4, -0.2) is 12.3 Å². The molecule has 0 saturated carbocycles. The number of fused-ring (bicyclic) bond motifs is 2. The maximum Gasteiger partial charge on any atom is 0.242 e. The maximum atomic E-state index is 6.81. The van der Waals surface area contributed by atoms with Crippen LogP contribution in [0, 0.1) is 27.7 Å². The van der Waals surface area contributed by atoms with Gasteiger partial charge in [-0.15, -0.1) is 0 Å². The summed E-state index contributed by atoms with van der Waals surface area (Å²) < 4.78 is 13.5. The lowest BCUT2D eigenvalue weighted by Crippen LogP contribution is -2.51. The van der Waals surface area contributed by atoms with E-state index in [0.29, 0.717) is 6.61 Å². The number of benzene rings is 4. The van der Waals surface area contributed by atoms with Crippen LogP contribution in [0.25, 0.3) is 0 Å². The Morgan fingerprint density at radius 2 is 1.19 bits per heavy atom. The Morgan fingerprint density at radius 1 is 0.639 bits per heavy atom. The Labute approximate surface area is 213 Å². The minimum Gasteiger partial charge on any atom is -0.485 e. The molecule has 0 bridgehead atoms. The Morgan fingerprint density at radius 3 is 1.86 bits per heavy atom. The van der Waals surface area contributed by atoms with Crippen molar-refractivity contribution in [2.24, 2.45) is 0 Å². The number of hydrogen-bond donors (Lipinski definition) is 0. The van der Waals surface area contributed by atoms with Crippen LogP contribution in [0.5, 0.6) is 11.5 Å². The van der Waals surface area contributed by atoms with Crippen molar-refractivity contribution in [2.45, 2.75) is 33.4 Å². The summed E-state index contributed by atoms with van der Waals surface area (Å²) in [5.41, 5.74) is 8.18. The second-order valence-corrected chi connectivity index (χ2v) is 9.74. The van der Waals surface area contributed by atoms with Crippen LogP contribution in [0.2, 0.25) is 0 Å². The third-order valence-corrected chi connectivity index (χ3v) is 7.28. The molecule has 2 aliphatic heterocycles. The van der Waals surface area contributed by atoms with E-state index < -0.39 is 5.72 Å². The van der Waals surface area contributed by atoms with E-state index >= 15 is 0 Å². The van der Waals surface area contributed by atoms with E-state index in [1.807, 2.05) is 12.1 Å². The van der Waals surface area contributed by atoms with Gasteiger partial charge in [0.1, 0.15) is 11.5 Å². The summed E-state index contributed by atoms with van der Waals surface area (Å²) in [6, 6.07) is 29.5. The molecule has 0 aromatic heterocycles. The van der Waals surface area contributed by atoms with Gasteiger partial charge in [-0.05, 0) is 98.5 Å². The largest absolute Gasteiger partial charge is 0.485 e. The summed E-state index contributed by atoms with van der Waals surface area (Å²) in [5.74, 6) is 1.70. The topological polar surface area (TPSA) is 24.9 Å². The van der Waals surface area contributed by atoms with E-state index in [4.69, 9.17) is 9.47 Å². The molecule has 2 aliphatic rings. The Hall–Kier alpha value is -4.18. The van der Waals surface area contributed by atoms with Gasteiger partial charge >= 0.3 is 0 Å². The molecule has 0 aliphatic carbocycles. The highest BCUT2D eigenvalue weighted by molar-refractivity contribution is 5.78. The van der Waals surface area contributed by atoms with Crippen molar-refractivity contribution in [3.05, 3.63) is 119 Å². The molecule has 4 aromatic rings. The fraction of sp³-hybridized carbons (Fsp3) is 0.188. The first-order valence-electron chi connectivity index (χ1n) is 12.4. The summed E-state index contributed by atoms with van der Waals surface area (Å²) >= 11 is 0. The van der Waals surface area contributed by atoms with Crippen molar-refractivity contribution in [2.75, 3.05) is 16.4 Å². The average Bonchev–Trinajstić information content (AvgIpc) is 3.19. The number of rotatable bonds is 2. The number of ether oxygens (including phenoxy) is 2. The molecule has 180 valence electrons. The first-order valence-corrected chi connectivity index (χ1v) is 12.4. The fourth-order valence-corrected chi connectivity index (χ4v) is 5.00. The number of aryl methyl sites for hydroxylation is 4. The molecule has 4 nitrogen and oxygen atoms in total. The Bertz CT molecular complexity index is 1460. The van der Waals surface area contributed by atoms with E-state index in [9.17, 15) is 0 Å². The highest BCUT2D eigenvalue weighted by Crippen LogP contribution is 2.50. The fourth-order valence-electron chi connectivity index (χ4n) is 5.00. The van der Waals surface area contributed by atoms with Crippen molar-refractivity contribution in [3.8, 4) is 11.5 Å². The zero-order chi connectivity index (χ0) is 24.9. The van der Waals surface area contributed by atoms with Crippen LogP contribution in [0.3, 0.4) is 0 Å². The monoisotopic (exact) mass is 474 g/mol. The van der Waals surface area contributed by atoms with Crippen molar-refractivity contribution in [3.63, 3.8) is 0 Å². The molecule has 6 rings (SSSR count). The van der Waals surface area contributed by atoms with E-state index in [-0.39, 0.29) is 0 Å². The second-order valence-electron chi connectivity index (χ2n) is 9.74. The third-order valence-electron chi connectivity index (χ3n) is 7.28. The molecule has 36 heavy (non-hydrogen) atoms. The van der Waals surface area contributed by atoms with E-state index in [2.05, 4.69) is 123 Å². The van der Waals surface area contributed by atoms with Gasteiger partial charge in [0, 0.05) is 23.7 Å². The molecule has 2 heterocycles. The molecule has 0 N–H and O–H groups in total. The summed E-state index contributed by atoms with van der Waals surface area (Å²) in [6.45, 7) is 8.87. The molecule has 4 heteroatoms. The van der Waals surface area contributed by atoms with Gasteiger partial charge in [-0.25, -0.2) is 0 Å². The van der Waals surface area contributed by atoms with Gasteiger partial charge in [0.2, 0.25) is 5.72 Å². The predicted molar refractivity (Wildman–Crippen MR) is 147 cm³/mol. The van der Waals surface area contributed by atoms with Gasteiger partial charge in [-0.1, -0.05) is 36.4 Å². The molecular formula is C32H30N2O2. The molecular weight excluding hydrogens is 444 g/mol. The Kier molecular flexibility index (Phi) is 5.26. The number of para-hydroxylation sites is 2. The molecule has 0 amide bonds. The SMILES string of the molecule is Cc1cc2c(cc1C)N(c1ccccc1)C=CC1(CO2)Oc2cc(C)c(C)cc2N1c1ccccc1. The maximum absolute atomic E-state index is 6.81. The van der Waals surface area contributed by atoms with Crippen molar-refractivity contribution < 1.29 is 9.47 Å². The lowest BCUT2D eigenvalue weighted by atomic mass is 10.0. The minimum absolute atomic E-state index is 0.337. The van der Waals surface area contributed by atoms with E-state index in [1.165, 1.54) is 22.3 Å². The van der Waals surface area contributed by atoms with Gasteiger partial charge in [0.25, 0.3) is 0 Å². The quantitative estimate of drug-likeness (QED) is 0.295. The van der Waals surface area contributed by atoms with Crippen LogP contribution in [0.4, 0.5) is 22.7 Å². The summed E-state index contributed by atoms with van der Waals surface area (Å²) in [4.78, 5) is 4.45. The smallest absolute Gasteiger partial charge is 0.242 e. The summed E-state index contributed by atoms with van der Waals surface area (Å²) in [5, 5.41) is 0. The lowest BCUT2D eigenvalue weighted by molar-refractivity contribution is 0.0834. The standard InChI is InChI=1S/C32H30N2O2/c1-22-17-28-30(19-24(22)3)35-21-32(15-16-33(28)26-11-7-5-8-12-26)34(27-13-9-6-10-14-27)29-18-23(2)25(4)20-31(29)36-32/h5-20H,21H2,1-4H3. The van der Waals surface area contributed by atoms with Gasteiger partial charge in [0.15, 0.2) is 6.61 Å². The van der Waals surface area contributed by atoms with Gasteiger partial charge < -0.3 is 14.4 Å². The van der Waals surface area contributed by atoms with Gasteiger partial charge in [0.05, 0.1) is 11.4 Å². The van der Waals surface area contributed by atoms with Crippen molar-refractivity contribution in [1.82, 2.24) is 0 Å². The molecule has 4 aromatic carbocycles. The summed E-state index contributed by atoms with van der Waals surface area (Å²) in [6.07, 6.45) is 4.27. The first kappa shape index (κ1) is 22.3. The van der Waals surface area contributed by atoms with Crippen LogP contribution in [-0.2, 0) is 0 Å². The number of anilines is 4. The van der Waals surface area contributed by atoms with Crippen molar-refractivity contribution >= 4 is 22.7 Å². The predicted octanol–water partition coefficient (Wildman–Crippen LogP) is 7.89. The molecule has 0 saturated heterocycles.